The van der Waals surface area contributed by atoms with Gasteiger partial charge in [0.1, 0.15) is 22.8 Å². The molecule has 5 aromatic heterocycles. The summed E-state index contributed by atoms with van der Waals surface area (Å²) in [6, 6.07) is 10.6. The topological polar surface area (TPSA) is 108 Å². The SMILES string of the molecule is COc1cc(F)cc(-c2nccc3[nH]c(-c4n[nH]c5ncc(-c6cncc(CN7CCCC7)c6)cc45)nc23)c1. The van der Waals surface area contributed by atoms with Crippen LogP contribution in [-0.4, -0.2) is 60.2 Å². The lowest BCUT2D eigenvalue weighted by Crippen LogP contribution is -2.18. The normalized spacial score (nSPS) is 14.0. The number of nitrogens with zero attached hydrogens (tertiary/aromatic N) is 6. The number of aromatic amines is 2. The van der Waals surface area contributed by atoms with E-state index >= 15 is 0 Å². The van der Waals surface area contributed by atoms with Crippen LogP contribution in [0.15, 0.2) is 61.2 Å². The van der Waals surface area contributed by atoms with E-state index in [4.69, 9.17) is 9.72 Å². The number of pyridine rings is 3. The summed E-state index contributed by atoms with van der Waals surface area (Å²) in [5.74, 6) is 0.568. The predicted octanol–water partition coefficient (Wildman–Crippen LogP) is 5.37. The highest BCUT2D eigenvalue weighted by Crippen LogP contribution is 2.33. The van der Waals surface area contributed by atoms with Gasteiger partial charge in [-0.1, -0.05) is 0 Å². The van der Waals surface area contributed by atoms with E-state index in [0.29, 0.717) is 39.7 Å². The van der Waals surface area contributed by atoms with Crippen LogP contribution in [0.4, 0.5) is 4.39 Å². The van der Waals surface area contributed by atoms with E-state index in [0.717, 1.165) is 41.7 Å². The lowest BCUT2D eigenvalue weighted by Gasteiger charge is -2.14. The molecule has 0 amide bonds. The van der Waals surface area contributed by atoms with E-state index < -0.39 is 5.82 Å². The van der Waals surface area contributed by atoms with Gasteiger partial charge in [0.15, 0.2) is 11.5 Å². The third-order valence-corrected chi connectivity index (χ3v) is 7.16. The quantitative estimate of drug-likeness (QED) is 0.304. The summed E-state index contributed by atoms with van der Waals surface area (Å²) in [6.07, 6.45) is 9.81. The van der Waals surface area contributed by atoms with Crippen LogP contribution < -0.4 is 4.74 Å². The number of methoxy groups -OCH3 is 1. The molecule has 10 heteroatoms. The summed E-state index contributed by atoms with van der Waals surface area (Å²) < 4.78 is 19.5. The number of ether oxygens (including phenoxy) is 1. The van der Waals surface area contributed by atoms with Crippen LogP contribution in [-0.2, 0) is 6.54 Å². The van der Waals surface area contributed by atoms with Crippen molar-refractivity contribution in [1.82, 2.24) is 40.0 Å². The number of benzene rings is 1. The lowest BCUT2D eigenvalue weighted by molar-refractivity contribution is 0.331. The molecule has 1 aliphatic heterocycles. The minimum absolute atomic E-state index is 0.408. The molecule has 2 N–H and O–H groups in total. The Morgan fingerprint density at radius 3 is 2.69 bits per heavy atom. The van der Waals surface area contributed by atoms with Gasteiger partial charge in [-0.3, -0.25) is 20.0 Å². The number of nitrogens with one attached hydrogen (secondary N) is 2. The number of imidazole rings is 1. The number of fused-ring (bicyclic) bond motifs is 2. The fourth-order valence-corrected chi connectivity index (χ4v) is 5.25. The van der Waals surface area contributed by atoms with E-state index in [2.05, 4.69) is 47.2 Å². The van der Waals surface area contributed by atoms with Crippen molar-refractivity contribution < 1.29 is 9.13 Å². The molecule has 1 aromatic carbocycles. The van der Waals surface area contributed by atoms with Crippen molar-refractivity contribution >= 4 is 22.1 Å². The van der Waals surface area contributed by atoms with Crippen LogP contribution >= 0.6 is 0 Å². The molecular formula is C29H25FN8O. The highest BCUT2D eigenvalue weighted by molar-refractivity contribution is 5.96. The first-order chi connectivity index (χ1) is 19.1. The molecule has 1 saturated heterocycles. The Morgan fingerprint density at radius 1 is 0.949 bits per heavy atom. The van der Waals surface area contributed by atoms with Crippen molar-refractivity contribution in [2.45, 2.75) is 19.4 Å². The smallest absolute Gasteiger partial charge is 0.159 e. The summed E-state index contributed by atoms with van der Waals surface area (Å²) in [6.45, 7) is 3.18. The van der Waals surface area contributed by atoms with Crippen molar-refractivity contribution in [2.24, 2.45) is 0 Å². The second-order valence-corrected chi connectivity index (χ2v) is 9.78. The van der Waals surface area contributed by atoms with E-state index in [9.17, 15) is 4.39 Å². The Labute approximate surface area is 223 Å². The minimum Gasteiger partial charge on any atom is -0.497 e. The number of halogens is 1. The maximum absolute atomic E-state index is 14.2. The van der Waals surface area contributed by atoms with Crippen molar-refractivity contribution in [1.29, 1.82) is 0 Å². The Balaban J connectivity index is 1.28. The van der Waals surface area contributed by atoms with Crippen molar-refractivity contribution in [3.8, 4) is 39.7 Å². The lowest BCUT2D eigenvalue weighted by atomic mass is 10.1. The second-order valence-electron chi connectivity index (χ2n) is 9.78. The fourth-order valence-electron chi connectivity index (χ4n) is 5.25. The summed E-state index contributed by atoms with van der Waals surface area (Å²) in [4.78, 5) is 24.2. The molecule has 6 aromatic rings. The number of hydrogen-bond donors (Lipinski definition) is 2. The van der Waals surface area contributed by atoms with E-state index in [1.807, 2.05) is 24.7 Å². The standard InChI is InChI=1S/C29H25FN8O/c1-39-22-10-18(9-21(30)12-22)25-27-24(4-5-32-25)34-29(35-27)26-23-11-20(15-33-28(23)37-36-26)19-8-17(13-31-14-19)16-38-6-2-3-7-38/h4-5,8-15H,2-3,6-7,16H2,1H3,(H,34,35)(H,33,36,37). The number of rotatable bonds is 6. The Bertz CT molecular complexity index is 1820. The molecule has 9 nitrogen and oxygen atoms in total. The molecule has 0 bridgehead atoms. The van der Waals surface area contributed by atoms with E-state index in [1.54, 1.807) is 12.3 Å². The van der Waals surface area contributed by atoms with Gasteiger partial charge < -0.3 is 9.72 Å². The highest BCUT2D eigenvalue weighted by Gasteiger charge is 2.18. The summed E-state index contributed by atoms with van der Waals surface area (Å²) in [5, 5.41) is 8.37. The van der Waals surface area contributed by atoms with Crippen molar-refractivity contribution in [3.05, 3.63) is 72.6 Å². The highest BCUT2D eigenvalue weighted by atomic mass is 19.1. The molecule has 0 spiro atoms. The minimum atomic E-state index is -0.408. The maximum atomic E-state index is 14.2. The van der Waals surface area contributed by atoms with Crippen LogP contribution in [0.2, 0.25) is 0 Å². The summed E-state index contributed by atoms with van der Waals surface area (Å²) in [5.41, 5.74) is 6.93. The molecule has 6 heterocycles. The molecule has 1 fully saturated rings. The number of H-pyrrole nitrogens is 2. The zero-order valence-corrected chi connectivity index (χ0v) is 21.3. The summed E-state index contributed by atoms with van der Waals surface area (Å²) in [7, 11) is 1.50. The zero-order chi connectivity index (χ0) is 26.3. The molecule has 39 heavy (non-hydrogen) atoms. The van der Waals surface area contributed by atoms with Crippen LogP contribution in [0.25, 0.3) is 56.0 Å². The first-order valence-corrected chi connectivity index (χ1v) is 12.9. The first kappa shape index (κ1) is 23.4. The second kappa shape index (κ2) is 9.55. The Hall–Kier alpha value is -4.70. The largest absolute Gasteiger partial charge is 0.497 e. The average molecular weight is 521 g/mol. The van der Waals surface area contributed by atoms with Gasteiger partial charge in [0.2, 0.25) is 0 Å². The maximum Gasteiger partial charge on any atom is 0.159 e. The van der Waals surface area contributed by atoms with Crippen LogP contribution in [0.5, 0.6) is 5.75 Å². The summed E-state index contributed by atoms with van der Waals surface area (Å²) >= 11 is 0. The molecule has 194 valence electrons. The van der Waals surface area contributed by atoms with Gasteiger partial charge in [0.05, 0.1) is 23.7 Å². The van der Waals surface area contributed by atoms with E-state index in [1.165, 1.54) is 37.6 Å². The molecular weight excluding hydrogens is 495 g/mol. The monoisotopic (exact) mass is 520 g/mol. The van der Waals surface area contributed by atoms with Crippen LogP contribution in [0, 0.1) is 5.82 Å². The molecule has 0 unspecified atom stereocenters. The van der Waals surface area contributed by atoms with E-state index in [-0.39, 0.29) is 0 Å². The number of aromatic nitrogens is 7. The van der Waals surface area contributed by atoms with Crippen LogP contribution in [0.3, 0.4) is 0 Å². The van der Waals surface area contributed by atoms with Gasteiger partial charge in [-0.15, -0.1) is 0 Å². The molecule has 0 radical (unpaired) electrons. The molecule has 7 rings (SSSR count). The molecule has 0 atom stereocenters. The molecule has 0 aliphatic carbocycles. The Morgan fingerprint density at radius 2 is 1.82 bits per heavy atom. The van der Waals surface area contributed by atoms with Gasteiger partial charge >= 0.3 is 0 Å². The zero-order valence-electron chi connectivity index (χ0n) is 21.3. The van der Waals surface area contributed by atoms with Gasteiger partial charge in [-0.25, -0.2) is 14.4 Å². The average Bonchev–Trinajstić information content (AvgIpc) is 3.72. The van der Waals surface area contributed by atoms with Crippen LogP contribution in [0.1, 0.15) is 18.4 Å². The fraction of sp³-hybridized carbons (Fsp3) is 0.207. The molecule has 0 saturated carbocycles. The first-order valence-electron chi connectivity index (χ1n) is 12.9. The third-order valence-electron chi connectivity index (χ3n) is 7.16. The third kappa shape index (κ3) is 4.38. The van der Waals surface area contributed by atoms with Gasteiger partial charge in [0, 0.05) is 54.1 Å². The van der Waals surface area contributed by atoms with Crippen molar-refractivity contribution in [2.75, 3.05) is 20.2 Å². The van der Waals surface area contributed by atoms with Gasteiger partial charge in [-0.05, 0) is 61.8 Å². The predicted molar refractivity (Wildman–Crippen MR) is 146 cm³/mol. The van der Waals surface area contributed by atoms with Gasteiger partial charge in [-0.2, -0.15) is 5.10 Å². The number of hydrogen-bond acceptors (Lipinski definition) is 7. The van der Waals surface area contributed by atoms with Gasteiger partial charge in [0.25, 0.3) is 0 Å². The molecule has 1 aliphatic rings. The number of likely N-dealkylation sites (tertiary alicyclic amines) is 1. The van der Waals surface area contributed by atoms with Crippen molar-refractivity contribution in [3.63, 3.8) is 0 Å². The Kier molecular flexibility index (Phi) is 5.74.